The highest BCUT2D eigenvalue weighted by Gasteiger charge is 2.35. The SMILES string of the molecule is CCN1C(=O)/C(=C/N2N=C(c3ccccc3)CC2c2ccccc2O)SC1=S. The van der Waals surface area contributed by atoms with Gasteiger partial charge < -0.3 is 5.11 Å². The molecule has 2 aromatic carbocycles. The van der Waals surface area contributed by atoms with Crippen molar-refractivity contribution in [1.82, 2.24) is 9.91 Å². The van der Waals surface area contributed by atoms with Gasteiger partial charge >= 0.3 is 0 Å². The lowest BCUT2D eigenvalue weighted by molar-refractivity contribution is -0.122. The van der Waals surface area contributed by atoms with Gasteiger partial charge in [0, 0.05) is 24.7 Å². The molecule has 1 unspecified atom stereocenters. The van der Waals surface area contributed by atoms with Crippen molar-refractivity contribution in [2.75, 3.05) is 6.54 Å². The molecular weight excluding hydrogens is 390 g/mol. The van der Waals surface area contributed by atoms with Gasteiger partial charge in [-0.2, -0.15) is 5.10 Å². The summed E-state index contributed by atoms with van der Waals surface area (Å²) in [6, 6.07) is 17.0. The van der Waals surface area contributed by atoms with Gasteiger partial charge in [0.2, 0.25) is 0 Å². The molecule has 0 aromatic heterocycles. The summed E-state index contributed by atoms with van der Waals surface area (Å²) in [5.74, 6) is 0.119. The average Bonchev–Trinajstić information content (AvgIpc) is 3.24. The number of phenolic OH excluding ortho intramolecular Hbond substituents is 1. The second kappa shape index (κ2) is 7.77. The Labute approximate surface area is 173 Å². The molecule has 1 atom stereocenters. The van der Waals surface area contributed by atoms with Crippen LogP contribution in [0.4, 0.5) is 0 Å². The monoisotopic (exact) mass is 409 g/mol. The van der Waals surface area contributed by atoms with E-state index in [4.69, 9.17) is 17.3 Å². The van der Waals surface area contributed by atoms with Crippen molar-refractivity contribution in [2.24, 2.45) is 5.10 Å². The van der Waals surface area contributed by atoms with E-state index in [1.54, 1.807) is 28.2 Å². The third-order valence-corrected chi connectivity index (χ3v) is 6.15. The average molecular weight is 410 g/mol. The quantitative estimate of drug-likeness (QED) is 0.604. The third-order valence-electron chi connectivity index (χ3n) is 4.78. The number of hydrazone groups is 1. The van der Waals surface area contributed by atoms with Gasteiger partial charge in [0.15, 0.2) is 0 Å². The molecule has 0 bridgehead atoms. The molecule has 7 heteroatoms. The summed E-state index contributed by atoms with van der Waals surface area (Å²) >= 11 is 6.60. The molecule has 2 aliphatic rings. The van der Waals surface area contributed by atoms with Crippen LogP contribution in [0.15, 0.2) is 70.8 Å². The van der Waals surface area contributed by atoms with E-state index in [2.05, 4.69) is 0 Å². The van der Waals surface area contributed by atoms with Crippen molar-refractivity contribution >= 4 is 39.9 Å². The number of thioether (sulfide) groups is 1. The number of carbonyl (C=O) groups is 1. The molecule has 5 nitrogen and oxygen atoms in total. The van der Waals surface area contributed by atoms with Crippen molar-refractivity contribution in [3.8, 4) is 5.75 Å². The molecule has 4 rings (SSSR count). The van der Waals surface area contributed by atoms with E-state index in [1.807, 2.05) is 49.4 Å². The molecule has 0 aliphatic carbocycles. The first-order valence-corrected chi connectivity index (χ1v) is 10.3. The summed E-state index contributed by atoms with van der Waals surface area (Å²) in [6.07, 6.45) is 2.38. The van der Waals surface area contributed by atoms with Gasteiger partial charge in [0.05, 0.1) is 16.7 Å². The Bertz CT molecular complexity index is 988. The van der Waals surface area contributed by atoms with Gasteiger partial charge in [-0.1, -0.05) is 72.5 Å². The summed E-state index contributed by atoms with van der Waals surface area (Å²) in [6.45, 7) is 2.45. The molecule has 0 spiro atoms. The van der Waals surface area contributed by atoms with Crippen LogP contribution in [0.25, 0.3) is 0 Å². The van der Waals surface area contributed by atoms with Crippen molar-refractivity contribution < 1.29 is 9.90 Å². The lowest BCUT2D eigenvalue weighted by Gasteiger charge is -2.21. The summed E-state index contributed by atoms with van der Waals surface area (Å²) < 4.78 is 0.560. The minimum absolute atomic E-state index is 0.100. The zero-order chi connectivity index (χ0) is 19.7. The Hall–Kier alpha value is -2.64. The first kappa shape index (κ1) is 18.7. The minimum Gasteiger partial charge on any atom is -0.508 e. The molecule has 1 amide bonds. The third kappa shape index (κ3) is 3.43. The molecule has 142 valence electrons. The summed E-state index contributed by atoms with van der Waals surface area (Å²) in [5, 5.41) is 16.9. The number of likely N-dealkylation sites (N-methyl/N-ethyl adjacent to an activating group) is 1. The fraction of sp³-hybridized carbons (Fsp3) is 0.190. The van der Waals surface area contributed by atoms with Gasteiger partial charge in [0.1, 0.15) is 10.1 Å². The lowest BCUT2D eigenvalue weighted by Crippen LogP contribution is -2.27. The second-order valence-electron chi connectivity index (χ2n) is 6.48. The maximum atomic E-state index is 12.6. The van der Waals surface area contributed by atoms with Gasteiger partial charge in [-0.05, 0) is 18.6 Å². The van der Waals surface area contributed by atoms with Crippen LogP contribution < -0.4 is 0 Å². The van der Waals surface area contributed by atoms with Crippen molar-refractivity contribution in [1.29, 1.82) is 0 Å². The van der Waals surface area contributed by atoms with E-state index < -0.39 is 0 Å². The van der Waals surface area contributed by atoms with Crippen LogP contribution in [0.3, 0.4) is 0 Å². The van der Waals surface area contributed by atoms with Crippen LogP contribution in [0.5, 0.6) is 5.75 Å². The molecule has 1 fully saturated rings. The van der Waals surface area contributed by atoms with Gasteiger partial charge in [-0.3, -0.25) is 14.7 Å². The highest BCUT2D eigenvalue weighted by molar-refractivity contribution is 8.26. The van der Waals surface area contributed by atoms with Gasteiger partial charge in [0.25, 0.3) is 5.91 Å². The molecule has 0 radical (unpaired) electrons. The Morgan fingerprint density at radius 1 is 1.21 bits per heavy atom. The maximum Gasteiger partial charge on any atom is 0.267 e. The van der Waals surface area contributed by atoms with E-state index in [0.29, 0.717) is 22.2 Å². The molecule has 2 heterocycles. The molecule has 28 heavy (non-hydrogen) atoms. The number of rotatable bonds is 4. The minimum atomic E-state index is -0.193. The predicted molar refractivity (Wildman–Crippen MR) is 116 cm³/mol. The molecule has 1 saturated heterocycles. The number of carbonyl (C=O) groups excluding carboxylic acids is 1. The van der Waals surface area contributed by atoms with E-state index in [1.165, 1.54) is 11.8 Å². The number of hydrogen-bond donors (Lipinski definition) is 1. The van der Waals surface area contributed by atoms with E-state index >= 15 is 0 Å². The Morgan fingerprint density at radius 3 is 2.61 bits per heavy atom. The number of thiocarbonyl (C=S) groups is 1. The Balaban J connectivity index is 1.73. The second-order valence-corrected chi connectivity index (χ2v) is 8.16. The van der Waals surface area contributed by atoms with Crippen LogP contribution in [0, 0.1) is 0 Å². The number of hydrogen-bond acceptors (Lipinski definition) is 6. The Morgan fingerprint density at radius 2 is 1.93 bits per heavy atom. The number of amides is 1. The fourth-order valence-corrected chi connectivity index (χ4v) is 4.71. The highest BCUT2D eigenvalue weighted by atomic mass is 32.2. The summed E-state index contributed by atoms with van der Waals surface area (Å²) in [4.78, 5) is 14.7. The molecule has 1 N–H and O–H groups in total. The first-order chi connectivity index (χ1) is 13.6. The number of phenols is 1. The zero-order valence-electron chi connectivity index (χ0n) is 15.3. The van der Waals surface area contributed by atoms with Gasteiger partial charge in [-0.25, -0.2) is 0 Å². The van der Waals surface area contributed by atoms with E-state index in [0.717, 1.165) is 16.8 Å². The number of aromatic hydroxyl groups is 1. The van der Waals surface area contributed by atoms with E-state index in [9.17, 15) is 9.90 Å². The fourth-order valence-electron chi connectivity index (χ4n) is 3.36. The highest BCUT2D eigenvalue weighted by Crippen LogP contribution is 2.39. The summed E-state index contributed by atoms with van der Waals surface area (Å²) in [7, 11) is 0. The predicted octanol–water partition coefficient (Wildman–Crippen LogP) is 4.26. The van der Waals surface area contributed by atoms with Crippen molar-refractivity contribution in [2.45, 2.75) is 19.4 Å². The molecular formula is C21H19N3O2S2. The molecule has 0 saturated carbocycles. The van der Waals surface area contributed by atoms with Crippen LogP contribution in [0.1, 0.15) is 30.5 Å². The normalized spacial score (nSPS) is 21.0. The van der Waals surface area contributed by atoms with E-state index in [-0.39, 0.29) is 17.7 Å². The van der Waals surface area contributed by atoms with Crippen LogP contribution >= 0.6 is 24.0 Å². The number of para-hydroxylation sites is 1. The standard InChI is InChI=1S/C21H19N3O2S2/c1-2-23-20(26)19(28-21(23)27)13-24-17(15-10-6-7-11-18(15)25)12-16(22-24)14-8-4-3-5-9-14/h3-11,13,17,25H,2,12H2,1H3/b19-13-. The van der Waals surface area contributed by atoms with Crippen LogP contribution in [-0.4, -0.2) is 37.5 Å². The summed E-state index contributed by atoms with van der Waals surface area (Å²) in [5.41, 5.74) is 2.72. The maximum absolute atomic E-state index is 12.6. The van der Waals surface area contributed by atoms with Crippen LogP contribution in [-0.2, 0) is 4.79 Å². The molecule has 2 aromatic rings. The van der Waals surface area contributed by atoms with Crippen LogP contribution in [0.2, 0.25) is 0 Å². The van der Waals surface area contributed by atoms with Crippen molar-refractivity contribution in [3.63, 3.8) is 0 Å². The number of benzene rings is 2. The van der Waals surface area contributed by atoms with Gasteiger partial charge in [-0.15, -0.1) is 0 Å². The smallest absolute Gasteiger partial charge is 0.267 e. The number of nitrogens with zero attached hydrogens (tertiary/aromatic N) is 3. The first-order valence-electron chi connectivity index (χ1n) is 9.03. The Kier molecular flexibility index (Phi) is 5.19. The lowest BCUT2D eigenvalue weighted by atomic mass is 9.98. The molecule has 2 aliphatic heterocycles. The van der Waals surface area contributed by atoms with Crippen molar-refractivity contribution in [3.05, 3.63) is 76.8 Å². The largest absolute Gasteiger partial charge is 0.508 e. The topological polar surface area (TPSA) is 56.1 Å². The zero-order valence-corrected chi connectivity index (χ0v) is 16.9.